The van der Waals surface area contributed by atoms with Gasteiger partial charge in [0.25, 0.3) is 0 Å². The smallest absolute Gasteiger partial charge is 0.353 e. The Morgan fingerprint density at radius 1 is 1.50 bits per heavy atom. The van der Waals surface area contributed by atoms with Crippen LogP contribution in [0, 0.1) is 0 Å². The quantitative estimate of drug-likeness (QED) is 0.838. The SMILES string of the molecule is O=C(O)c1[nH]c2c(Br)cccc2c1Cl. The molecule has 3 nitrogen and oxygen atoms in total. The number of halogens is 2. The topological polar surface area (TPSA) is 53.1 Å². The predicted molar refractivity (Wildman–Crippen MR) is 58.0 cm³/mol. The van der Waals surface area contributed by atoms with E-state index in [2.05, 4.69) is 20.9 Å². The van der Waals surface area contributed by atoms with Gasteiger partial charge < -0.3 is 10.1 Å². The van der Waals surface area contributed by atoms with Gasteiger partial charge >= 0.3 is 5.97 Å². The van der Waals surface area contributed by atoms with Gasteiger partial charge in [-0.05, 0) is 22.0 Å². The van der Waals surface area contributed by atoms with E-state index in [9.17, 15) is 4.79 Å². The van der Waals surface area contributed by atoms with Crippen molar-refractivity contribution < 1.29 is 9.90 Å². The Balaban J connectivity index is 2.86. The van der Waals surface area contributed by atoms with Crippen LogP contribution in [0.2, 0.25) is 5.02 Å². The van der Waals surface area contributed by atoms with Gasteiger partial charge in [-0.25, -0.2) is 4.79 Å². The van der Waals surface area contributed by atoms with Gasteiger partial charge in [0.1, 0.15) is 5.69 Å². The number of para-hydroxylation sites is 1. The molecule has 0 aliphatic carbocycles. The van der Waals surface area contributed by atoms with Gasteiger partial charge in [-0.2, -0.15) is 0 Å². The van der Waals surface area contributed by atoms with Gasteiger partial charge in [0.05, 0.1) is 10.5 Å². The average Bonchev–Trinajstić information content (AvgIpc) is 2.46. The van der Waals surface area contributed by atoms with Crippen LogP contribution in [0.3, 0.4) is 0 Å². The molecular weight excluding hydrogens is 269 g/mol. The van der Waals surface area contributed by atoms with Crippen molar-refractivity contribution in [3.05, 3.63) is 33.4 Å². The van der Waals surface area contributed by atoms with E-state index in [1.807, 2.05) is 6.07 Å². The monoisotopic (exact) mass is 273 g/mol. The van der Waals surface area contributed by atoms with Crippen LogP contribution >= 0.6 is 27.5 Å². The molecule has 0 bridgehead atoms. The highest BCUT2D eigenvalue weighted by Crippen LogP contribution is 2.31. The van der Waals surface area contributed by atoms with Crippen molar-refractivity contribution in [1.29, 1.82) is 0 Å². The molecule has 0 saturated carbocycles. The van der Waals surface area contributed by atoms with Gasteiger partial charge in [0.15, 0.2) is 0 Å². The van der Waals surface area contributed by atoms with Crippen LogP contribution in [0.25, 0.3) is 10.9 Å². The van der Waals surface area contributed by atoms with Crippen molar-refractivity contribution in [3.63, 3.8) is 0 Å². The third-order valence-corrected chi connectivity index (χ3v) is 2.99. The van der Waals surface area contributed by atoms with E-state index < -0.39 is 5.97 Å². The molecular formula is C9H5BrClNO2. The van der Waals surface area contributed by atoms with Crippen LogP contribution in [0.5, 0.6) is 0 Å². The summed E-state index contributed by atoms with van der Waals surface area (Å²) in [6, 6.07) is 5.39. The summed E-state index contributed by atoms with van der Waals surface area (Å²) in [6.07, 6.45) is 0. The number of rotatable bonds is 1. The number of hydrogen-bond donors (Lipinski definition) is 2. The Hall–Kier alpha value is -1.00. The van der Waals surface area contributed by atoms with Crippen molar-refractivity contribution in [2.45, 2.75) is 0 Å². The van der Waals surface area contributed by atoms with Crippen LogP contribution < -0.4 is 0 Å². The molecule has 72 valence electrons. The molecule has 0 fully saturated rings. The Labute approximate surface area is 92.8 Å². The first-order valence-electron chi connectivity index (χ1n) is 3.80. The van der Waals surface area contributed by atoms with E-state index in [-0.39, 0.29) is 10.7 Å². The lowest BCUT2D eigenvalue weighted by atomic mass is 10.2. The third-order valence-electron chi connectivity index (χ3n) is 1.93. The van der Waals surface area contributed by atoms with Gasteiger partial charge in [0.2, 0.25) is 0 Å². The number of aromatic carboxylic acids is 1. The fourth-order valence-electron chi connectivity index (χ4n) is 1.30. The molecule has 0 radical (unpaired) electrons. The van der Waals surface area contributed by atoms with E-state index in [1.165, 1.54) is 0 Å². The summed E-state index contributed by atoms with van der Waals surface area (Å²) in [5.74, 6) is -1.06. The zero-order chi connectivity index (χ0) is 10.3. The molecule has 1 heterocycles. The zero-order valence-electron chi connectivity index (χ0n) is 6.84. The molecule has 0 saturated heterocycles. The van der Waals surface area contributed by atoms with Crippen LogP contribution in [0.15, 0.2) is 22.7 Å². The second-order valence-electron chi connectivity index (χ2n) is 2.78. The molecule has 5 heteroatoms. The average molecular weight is 275 g/mol. The first kappa shape index (κ1) is 9.55. The number of aromatic amines is 1. The standard InChI is InChI=1S/C9H5BrClNO2/c10-5-3-1-2-4-6(11)8(9(13)14)12-7(4)5/h1-3,12H,(H,13,14). The molecule has 0 aliphatic heterocycles. The van der Waals surface area contributed by atoms with E-state index in [0.717, 1.165) is 4.47 Å². The van der Waals surface area contributed by atoms with E-state index in [4.69, 9.17) is 16.7 Å². The van der Waals surface area contributed by atoms with Crippen LogP contribution in [-0.4, -0.2) is 16.1 Å². The van der Waals surface area contributed by atoms with Crippen molar-refractivity contribution in [1.82, 2.24) is 4.98 Å². The van der Waals surface area contributed by atoms with Crippen LogP contribution in [-0.2, 0) is 0 Å². The van der Waals surface area contributed by atoms with Gasteiger partial charge in [0, 0.05) is 9.86 Å². The molecule has 2 aromatic rings. The summed E-state index contributed by atoms with van der Waals surface area (Å²) in [5.41, 5.74) is 0.725. The summed E-state index contributed by atoms with van der Waals surface area (Å²) < 4.78 is 0.796. The highest BCUT2D eigenvalue weighted by atomic mass is 79.9. The lowest BCUT2D eigenvalue weighted by Crippen LogP contribution is -1.96. The minimum Gasteiger partial charge on any atom is -0.477 e. The second-order valence-corrected chi connectivity index (χ2v) is 4.01. The number of carboxylic acids is 1. The first-order valence-corrected chi connectivity index (χ1v) is 4.97. The number of hydrogen-bond acceptors (Lipinski definition) is 1. The summed E-state index contributed by atoms with van der Waals surface area (Å²) in [7, 11) is 0. The molecule has 2 rings (SSSR count). The number of H-pyrrole nitrogens is 1. The highest BCUT2D eigenvalue weighted by Gasteiger charge is 2.15. The zero-order valence-corrected chi connectivity index (χ0v) is 9.19. The number of carboxylic acid groups (broad SMARTS) is 1. The normalized spacial score (nSPS) is 10.7. The molecule has 14 heavy (non-hydrogen) atoms. The predicted octanol–water partition coefficient (Wildman–Crippen LogP) is 3.28. The molecule has 0 unspecified atom stereocenters. The fraction of sp³-hybridized carbons (Fsp3) is 0. The Morgan fingerprint density at radius 3 is 2.79 bits per heavy atom. The number of aromatic nitrogens is 1. The van der Waals surface area contributed by atoms with E-state index >= 15 is 0 Å². The molecule has 1 aromatic heterocycles. The van der Waals surface area contributed by atoms with Gasteiger partial charge in [-0.15, -0.1) is 0 Å². The maximum Gasteiger partial charge on any atom is 0.353 e. The van der Waals surface area contributed by atoms with Crippen molar-refractivity contribution in [2.75, 3.05) is 0 Å². The summed E-state index contributed by atoms with van der Waals surface area (Å²) in [4.78, 5) is 13.5. The number of nitrogens with one attached hydrogen (secondary N) is 1. The Bertz CT molecular complexity index is 521. The molecule has 1 aromatic carbocycles. The van der Waals surface area contributed by atoms with E-state index in [0.29, 0.717) is 10.9 Å². The Morgan fingerprint density at radius 2 is 2.21 bits per heavy atom. The summed E-state index contributed by atoms with van der Waals surface area (Å²) in [6.45, 7) is 0. The maximum atomic E-state index is 10.8. The lowest BCUT2D eigenvalue weighted by molar-refractivity contribution is 0.0692. The first-order chi connectivity index (χ1) is 6.61. The highest BCUT2D eigenvalue weighted by molar-refractivity contribution is 9.10. The third kappa shape index (κ3) is 1.31. The molecule has 0 spiro atoms. The second kappa shape index (κ2) is 3.29. The summed E-state index contributed by atoms with van der Waals surface area (Å²) >= 11 is 9.20. The summed E-state index contributed by atoms with van der Waals surface area (Å²) in [5, 5.41) is 9.78. The number of fused-ring (bicyclic) bond motifs is 1. The maximum absolute atomic E-state index is 10.8. The Kier molecular flexibility index (Phi) is 2.25. The van der Waals surface area contributed by atoms with Crippen LogP contribution in [0.4, 0.5) is 0 Å². The minimum atomic E-state index is -1.06. The van der Waals surface area contributed by atoms with Crippen LogP contribution in [0.1, 0.15) is 10.5 Å². The molecule has 2 N–H and O–H groups in total. The molecule has 0 aliphatic rings. The van der Waals surface area contributed by atoms with Crippen molar-refractivity contribution in [2.24, 2.45) is 0 Å². The minimum absolute atomic E-state index is 0.0218. The number of carbonyl (C=O) groups is 1. The fourth-order valence-corrected chi connectivity index (χ4v) is 2.05. The van der Waals surface area contributed by atoms with Gasteiger partial charge in [-0.3, -0.25) is 0 Å². The lowest BCUT2D eigenvalue weighted by Gasteiger charge is -1.91. The van der Waals surface area contributed by atoms with E-state index in [1.54, 1.807) is 12.1 Å². The van der Waals surface area contributed by atoms with Gasteiger partial charge in [-0.1, -0.05) is 23.7 Å². The van der Waals surface area contributed by atoms with Crippen molar-refractivity contribution in [3.8, 4) is 0 Å². The largest absolute Gasteiger partial charge is 0.477 e. The van der Waals surface area contributed by atoms with Crippen molar-refractivity contribution >= 4 is 44.4 Å². The molecule has 0 amide bonds. The number of benzene rings is 1. The molecule has 0 atom stereocenters.